The molecule has 3 nitrogen and oxygen atoms in total. The van der Waals surface area contributed by atoms with Crippen molar-refractivity contribution in [2.75, 3.05) is 26.4 Å². The highest BCUT2D eigenvalue weighted by Crippen LogP contribution is 2.29. The van der Waals surface area contributed by atoms with Crippen LogP contribution >= 0.6 is 0 Å². The van der Waals surface area contributed by atoms with Gasteiger partial charge in [0.25, 0.3) is 0 Å². The number of aliphatic hydroxyl groups excluding tert-OH is 1. The number of rotatable bonds is 6. The highest BCUT2D eigenvalue weighted by molar-refractivity contribution is 5.32. The van der Waals surface area contributed by atoms with Gasteiger partial charge in [0.1, 0.15) is 5.82 Å². The second kappa shape index (κ2) is 6.83. The Morgan fingerprint density at radius 2 is 2.28 bits per heavy atom. The average molecular weight is 253 g/mol. The molecule has 0 amide bonds. The van der Waals surface area contributed by atoms with Gasteiger partial charge in [-0.1, -0.05) is 6.07 Å². The number of ether oxygens (including phenoxy) is 1. The topological polar surface area (TPSA) is 41.5 Å². The first-order chi connectivity index (χ1) is 8.81. The molecule has 1 unspecified atom stereocenters. The first-order valence-corrected chi connectivity index (χ1v) is 6.51. The van der Waals surface area contributed by atoms with E-state index in [2.05, 4.69) is 5.32 Å². The summed E-state index contributed by atoms with van der Waals surface area (Å²) in [5.41, 5.74) is 2.33. The van der Waals surface area contributed by atoms with Gasteiger partial charge in [-0.05, 0) is 42.5 Å². The fraction of sp³-hybridized carbons (Fsp3) is 0.571. The third-order valence-corrected chi connectivity index (χ3v) is 3.29. The predicted molar refractivity (Wildman–Crippen MR) is 68.0 cm³/mol. The minimum atomic E-state index is -0.152. The summed E-state index contributed by atoms with van der Waals surface area (Å²) < 4.78 is 18.4. The quantitative estimate of drug-likeness (QED) is 0.760. The van der Waals surface area contributed by atoms with Crippen molar-refractivity contribution in [1.29, 1.82) is 0 Å². The van der Waals surface area contributed by atoms with Crippen molar-refractivity contribution in [3.8, 4) is 0 Å². The molecule has 2 rings (SSSR count). The van der Waals surface area contributed by atoms with Gasteiger partial charge in [0, 0.05) is 12.6 Å². The number of fused-ring (bicyclic) bond motifs is 1. The second-order valence-corrected chi connectivity index (χ2v) is 4.58. The van der Waals surface area contributed by atoms with Gasteiger partial charge in [0.15, 0.2) is 0 Å². The molecule has 100 valence electrons. The van der Waals surface area contributed by atoms with Crippen molar-refractivity contribution < 1.29 is 14.2 Å². The Kier molecular flexibility index (Phi) is 5.11. The number of aryl methyl sites for hydroxylation is 1. The molecule has 1 atom stereocenters. The van der Waals surface area contributed by atoms with Gasteiger partial charge >= 0.3 is 0 Å². The molecule has 0 aromatic heterocycles. The van der Waals surface area contributed by atoms with Gasteiger partial charge in [-0.25, -0.2) is 4.39 Å². The van der Waals surface area contributed by atoms with Crippen molar-refractivity contribution in [3.05, 3.63) is 35.1 Å². The summed E-state index contributed by atoms with van der Waals surface area (Å²) >= 11 is 0. The molecule has 18 heavy (non-hydrogen) atoms. The minimum absolute atomic E-state index is 0.0611. The summed E-state index contributed by atoms with van der Waals surface area (Å²) in [6, 6.07) is 5.36. The number of halogens is 1. The third-order valence-electron chi connectivity index (χ3n) is 3.29. The smallest absolute Gasteiger partial charge is 0.123 e. The predicted octanol–water partition coefficient (Wildman–Crippen LogP) is 1.80. The van der Waals surface area contributed by atoms with Gasteiger partial charge in [0.05, 0.1) is 19.8 Å². The van der Waals surface area contributed by atoms with Crippen LogP contribution < -0.4 is 5.32 Å². The fourth-order valence-electron chi connectivity index (χ4n) is 2.47. The van der Waals surface area contributed by atoms with Crippen molar-refractivity contribution in [1.82, 2.24) is 5.32 Å². The van der Waals surface area contributed by atoms with Crippen LogP contribution in [0.25, 0.3) is 0 Å². The summed E-state index contributed by atoms with van der Waals surface area (Å²) in [6.07, 6.45) is 3.14. The maximum atomic E-state index is 13.1. The highest BCUT2D eigenvalue weighted by atomic mass is 19.1. The van der Waals surface area contributed by atoms with E-state index in [1.165, 1.54) is 11.6 Å². The molecule has 2 N–H and O–H groups in total. The van der Waals surface area contributed by atoms with E-state index in [-0.39, 0.29) is 12.4 Å². The molecule has 0 aliphatic heterocycles. The molecule has 4 heteroatoms. The molecular weight excluding hydrogens is 233 g/mol. The molecule has 1 aliphatic rings. The van der Waals surface area contributed by atoms with Crippen molar-refractivity contribution >= 4 is 0 Å². The van der Waals surface area contributed by atoms with E-state index in [4.69, 9.17) is 9.84 Å². The van der Waals surface area contributed by atoms with E-state index in [1.54, 1.807) is 6.07 Å². The second-order valence-electron chi connectivity index (χ2n) is 4.58. The zero-order chi connectivity index (χ0) is 12.8. The van der Waals surface area contributed by atoms with Crippen molar-refractivity contribution in [3.63, 3.8) is 0 Å². The van der Waals surface area contributed by atoms with Crippen LogP contribution in [-0.4, -0.2) is 31.5 Å². The molecule has 0 heterocycles. The van der Waals surface area contributed by atoms with E-state index < -0.39 is 0 Å². The fourth-order valence-corrected chi connectivity index (χ4v) is 2.47. The molecule has 1 aliphatic carbocycles. The third kappa shape index (κ3) is 3.51. The van der Waals surface area contributed by atoms with Crippen LogP contribution in [0.1, 0.15) is 30.0 Å². The lowest BCUT2D eigenvalue weighted by Crippen LogP contribution is -2.28. The summed E-state index contributed by atoms with van der Waals surface area (Å²) in [5.74, 6) is -0.152. The maximum Gasteiger partial charge on any atom is 0.123 e. The Balaban J connectivity index is 1.88. The van der Waals surface area contributed by atoms with Gasteiger partial charge in [-0.2, -0.15) is 0 Å². The van der Waals surface area contributed by atoms with Gasteiger partial charge in [0.2, 0.25) is 0 Å². The minimum Gasteiger partial charge on any atom is -0.394 e. The Morgan fingerprint density at radius 1 is 1.39 bits per heavy atom. The molecule has 0 bridgehead atoms. The van der Waals surface area contributed by atoms with Crippen LogP contribution in [0.5, 0.6) is 0 Å². The maximum absolute atomic E-state index is 13.1. The van der Waals surface area contributed by atoms with E-state index >= 15 is 0 Å². The summed E-state index contributed by atoms with van der Waals surface area (Å²) in [7, 11) is 0. The number of benzene rings is 1. The monoisotopic (exact) mass is 253 g/mol. The zero-order valence-electron chi connectivity index (χ0n) is 10.5. The zero-order valence-corrected chi connectivity index (χ0v) is 10.5. The Labute approximate surface area is 107 Å². The first-order valence-electron chi connectivity index (χ1n) is 6.51. The van der Waals surface area contributed by atoms with Gasteiger partial charge in [-0.3, -0.25) is 0 Å². The Hall–Kier alpha value is -0.970. The van der Waals surface area contributed by atoms with Crippen molar-refractivity contribution in [2.24, 2.45) is 0 Å². The summed E-state index contributed by atoms with van der Waals surface area (Å²) in [5, 5.41) is 12.0. The summed E-state index contributed by atoms with van der Waals surface area (Å²) in [4.78, 5) is 0. The highest BCUT2D eigenvalue weighted by Gasteiger charge is 2.19. The van der Waals surface area contributed by atoms with E-state index in [0.717, 1.165) is 31.4 Å². The van der Waals surface area contributed by atoms with Crippen LogP contribution in [0, 0.1) is 5.82 Å². The molecule has 1 aromatic carbocycles. The molecular formula is C14H20FNO2. The first kappa shape index (κ1) is 13.5. The van der Waals surface area contributed by atoms with E-state index in [9.17, 15) is 4.39 Å². The average Bonchev–Trinajstić information content (AvgIpc) is 2.38. The molecule has 1 aromatic rings. The lowest BCUT2D eigenvalue weighted by Gasteiger charge is -2.26. The molecule has 0 saturated carbocycles. The number of hydrogen-bond donors (Lipinski definition) is 2. The Morgan fingerprint density at radius 3 is 3.11 bits per heavy atom. The van der Waals surface area contributed by atoms with Crippen molar-refractivity contribution in [2.45, 2.75) is 25.3 Å². The number of hydrogen-bond acceptors (Lipinski definition) is 3. The van der Waals surface area contributed by atoms with Crippen LogP contribution in [0.15, 0.2) is 18.2 Å². The van der Waals surface area contributed by atoms with Crippen LogP contribution in [0.3, 0.4) is 0 Å². The van der Waals surface area contributed by atoms with E-state index in [1.807, 2.05) is 6.07 Å². The lowest BCUT2D eigenvalue weighted by molar-refractivity contribution is 0.0922. The standard InChI is InChI=1S/C14H20FNO2/c15-12-4-5-13-11(10-12)2-1-3-14(13)16-6-8-18-9-7-17/h4-5,10,14,16-17H,1-3,6-9H2. The number of aliphatic hydroxyl groups is 1. The largest absolute Gasteiger partial charge is 0.394 e. The summed E-state index contributed by atoms with van der Waals surface area (Å²) in [6.45, 7) is 1.79. The van der Waals surface area contributed by atoms with E-state index in [0.29, 0.717) is 19.3 Å². The van der Waals surface area contributed by atoms with Crippen LogP contribution in [0.4, 0.5) is 4.39 Å². The molecule has 0 spiro atoms. The lowest BCUT2D eigenvalue weighted by atomic mass is 9.87. The van der Waals surface area contributed by atoms with Crippen LogP contribution in [0.2, 0.25) is 0 Å². The SMILES string of the molecule is OCCOCCNC1CCCc2cc(F)ccc21. The van der Waals surface area contributed by atoms with Crippen LogP contribution in [-0.2, 0) is 11.2 Å². The van der Waals surface area contributed by atoms with Gasteiger partial charge < -0.3 is 15.2 Å². The Bertz CT molecular complexity index is 384. The van der Waals surface area contributed by atoms with Gasteiger partial charge in [-0.15, -0.1) is 0 Å². The molecule has 0 fully saturated rings. The normalized spacial score (nSPS) is 18.7. The molecule has 0 saturated heterocycles. The number of nitrogens with one attached hydrogen (secondary N) is 1. The molecule has 0 radical (unpaired) electrons.